The lowest BCUT2D eigenvalue weighted by atomic mass is 10.2. The van der Waals surface area contributed by atoms with Crippen LogP contribution in [0.3, 0.4) is 0 Å². The number of phenolic OH excluding ortho intramolecular Hbond substituents is 1. The number of anilines is 1. The number of phenols is 1. The number of hydrogen-bond acceptors (Lipinski definition) is 5. The van der Waals surface area contributed by atoms with Gasteiger partial charge in [0.1, 0.15) is 5.75 Å². The Hall–Kier alpha value is -1.63. The highest BCUT2D eigenvalue weighted by Gasteiger charge is 2.33. The Labute approximate surface area is 129 Å². The molecule has 1 aromatic carbocycles. The summed E-state index contributed by atoms with van der Waals surface area (Å²) >= 11 is 8.14. The smallest absolute Gasteiger partial charge is 0.270 e. The van der Waals surface area contributed by atoms with Gasteiger partial charge >= 0.3 is 0 Å². The van der Waals surface area contributed by atoms with Gasteiger partial charge in [-0.15, -0.1) is 11.3 Å². The average Bonchev–Trinajstić information content (AvgIpc) is 3.02. The van der Waals surface area contributed by atoms with Crippen molar-refractivity contribution in [3.05, 3.63) is 51.6 Å². The molecule has 0 bridgehead atoms. The van der Waals surface area contributed by atoms with Crippen molar-refractivity contribution in [3.8, 4) is 5.75 Å². The number of thioether (sulfide) groups is 1. The molecule has 6 heteroatoms. The van der Waals surface area contributed by atoms with Crippen molar-refractivity contribution in [3.63, 3.8) is 0 Å². The van der Waals surface area contributed by atoms with Crippen LogP contribution in [0.15, 0.2) is 46.7 Å². The zero-order valence-electron chi connectivity index (χ0n) is 10.1. The van der Waals surface area contributed by atoms with Gasteiger partial charge in [-0.05, 0) is 41.8 Å². The van der Waals surface area contributed by atoms with E-state index in [-0.39, 0.29) is 11.7 Å². The minimum absolute atomic E-state index is 0.126. The van der Waals surface area contributed by atoms with Crippen molar-refractivity contribution < 1.29 is 9.90 Å². The highest BCUT2D eigenvalue weighted by atomic mass is 32.2. The molecule has 0 spiro atoms. The fraction of sp³-hybridized carbons (Fsp3) is 0. The lowest BCUT2D eigenvalue weighted by molar-refractivity contribution is -0.113. The predicted octanol–water partition coefficient (Wildman–Crippen LogP) is 3.86. The molecule has 0 unspecified atom stereocenters. The molecule has 100 valence electrons. The zero-order valence-corrected chi connectivity index (χ0v) is 12.6. The summed E-state index contributed by atoms with van der Waals surface area (Å²) in [5.74, 6) is 0.0346. The third-order valence-electron chi connectivity index (χ3n) is 2.72. The summed E-state index contributed by atoms with van der Waals surface area (Å²) in [6.07, 6.45) is 1.85. The second-order valence-corrected chi connectivity index (χ2v) is 6.70. The Kier molecular flexibility index (Phi) is 3.60. The minimum Gasteiger partial charge on any atom is -0.508 e. The normalized spacial score (nSPS) is 17.2. The molecule has 0 saturated carbocycles. The van der Waals surface area contributed by atoms with Crippen LogP contribution in [0.5, 0.6) is 5.75 Å². The minimum atomic E-state index is -0.126. The Morgan fingerprint density at radius 3 is 2.60 bits per heavy atom. The summed E-state index contributed by atoms with van der Waals surface area (Å²) in [4.78, 5) is 15.5. The Bertz CT molecular complexity index is 690. The SMILES string of the molecule is O=C1C(=Cc2cccs2)SC(=S)N1c1ccc(O)cc1. The second kappa shape index (κ2) is 5.40. The van der Waals surface area contributed by atoms with Gasteiger partial charge in [0.25, 0.3) is 5.91 Å². The van der Waals surface area contributed by atoms with Crippen molar-refractivity contribution in [2.45, 2.75) is 0 Å². The molecule has 0 radical (unpaired) electrons. The molecular formula is C14H9NO2S3. The van der Waals surface area contributed by atoms with Crippen LogP contribution in [-0.2, 0) is 4.79 Å². The molecule has 1 fully saturated rings. The van der Waals surface area contributed by atoms with Crippen LogP contribution < -0.4 is 4.90 Å². The van der Waals surface area contributed by atoms with Crippen molar-refractivity contribution in [2.75, 3.05) is 4.90 Å². The van der Waals surface area contributed by atoms with E-state index in [0.29, 0.717) is 14.9 Å². The Balaban J connectivity index is 1.93. The summed E-state index contributed by atoms with van der Waals surface area (Å²) < 4.78 is 0.503. The van der Waals surface area contributed by atoms with Gasteiger partial charge in [-0.3, -0.25) is 9.69 Å². The maximum atomic E-state index is 12.4. The van der Waals surface area contributed by atoms with Crippen LogP contribution in [-0.4, -0.2) is 15.3 Å². The molecule has 1 amide bonds. The van der Waals surface area contributed by atoms with Crippen LogP contribution >= 0.6 is 35.3 Å². The number of rotatable bonds is 2. The lowest BCUT2D eigenvalue weighted by Gasteiger charge is -2.14. The summed E-state index contributed by atoms with van der Waals surface area (Å²) in [5.41, 5.74) is 0.667. The molecule has 3 nitrogen and oxygen atoms in total. The van der Waals surface area contributed by atoms with E-state index in [4.69, 9.17) is 12.2 Å². The van der Waals surface area contributed by atoms with E-state index >= 15 is 0 Å². The number of aromatic hydroxyl groups is 1. The first-order valence-electron chi connectivity index (χ1n) is 5.75. The van der Waals surface area contributed by atoms with Crippen molar-refractivity contribution in [1.82, 2.24) is 0 Å². The second-order valence-electron chi connectivity index (χ2n) is 4.05. The number of amides is 1. The van der Waals surface area contributed by atoms with Gasteiger partial charge in [0, 0.05) is 4.88 Å². The van der Waals surface area contributed by atoms with Gasteiger partial charge in [-0.1, -0.05) is 30.0 Å². The molecule has 1 saturated heterocycles. The van der Waals surface area contributed by atoms with Gasteiger partial charge in [0.15, 0.2) is 4.32 Å². The summed E-state index contributed by atoms with van der Waals surface area (Å²) in [6, 6.07) is 10.3. The largest absolute Gasteiger partial charge is 0.508 e. The number of benzene rings is 1. The lowest BCUT2D eigenvalue weighted by Crippen LogP contribution is -2.27. The van der Waals surface area contributed by atoms with E-state index in [1.54, 1.807) is 23.5 Å². The first-order chi connectivity index (χ1) is 9.65. The molecule has 0 aliphatic carbocycles. The topological polar surface area (TPSA) is 40.5 Å². The van der Waals surface area contributed by atoms with Crippen molar-refractivity contribution in [1.29, 1.82) is 0 Å². The maximum Gasteiger partial charge on any atom is 0.270 e. The third kappa shape index (κ3) is 2.49. The van der Waals surface area contributed by atoms with E-state index in [1.807, 2.05) is 23.6 Å². The molecule has 1 aliphatic rings. The number of hydrogen-bond donors (Lipinski definition) is 1. The van der Waals surface area contributed by atoms with Crippen LogP contribution in [0.25, 0.3) is 6.08 Å². The highest BCUT2D eigenvalue weighted by Crippen LogP contribution is 2.36. The van der Waals surface area contributed by atoms with Crippen LogP contribution in [0, 0.1) is 0 Å². The quantitative estimate of drug-likeness (QED) is 0.674. The molecule has 1 aromatic heterocycles. The van der Waals surface area contributed by atoms with Crippen LogP contribution in [0.2, 0.25) is 0 Å². The third-order valence-corrected chi connectivity index (χ3v) is 4.84. The van der Waals surface area contributed by atoms with Gasteiger partial charge in [0.05, 0.1) is 10.6 Å². The first-order valence-corrected chi connectivity index (χ1v) is 7.86. The number of thiophene rings is 1. The van der Waals surface area contributed by atoms with Gasteiger partial charge in [-0.2, -0.15) is 0 Å². The summed E-state index contributed by atoms with van der Waals surface area (Å²) in [7, 11) is 0. The molecule has 0 atom stereocenters. The Morgan fingerprint density at radius 1 is 1.20 bits per heavy atom. The van der Waals surface area contributed by atoms with Gasteiger partial charge in [0.2, 0.25) is 0 Å². The van der Waals surface area contributed by atoms with Gasteiger partial charge < -0.3 is 5.11 Å². The summed E-state index contributed by atoms with van der Waals surface area (Å²) in [5, 5.41) is 11.3. The van der Waals surface area contributed by atoms with Crippen molar-refractivity contribution in [2.24, 2.45) is 0 Å². The molecule has 1 aliphatic heterocycles. The Morgan fingerprint density at radius 2 is 1.95 bits per heavy atom. The van der Waals surface area contributed by atoms with Crippen molar-refractivity contribution >= 4 is 57.3 Å². The van der Waals surface area contributed by atoms with Crippen LogP contribution in [0.4, 0.5) is 5.69 Å². The van der Waals surface area contributed by atoms with Gasteiger partial charge in [-0.25, -0.2) is 0 Å². The number of carbonyl (C=O) groups excluding carboxylic acids is 1. The molecule has 1 N–H and O–H groups in total. The summed E-state index contributed by atoms with van der Waals surface area (Å²) in [6.45, 7) is 0. The average molecular weight is 319 g/mol. The first kappa shape index (κ1) is 13.4. The molecular weight excluding hydrogens is 310 g/mol. The van der Waals surface area contributed by atoms with E-state index in [0.717, 1.165) is 4.88 Å². The number of thiocarbonyl (C=S) groups is 1. The monoisotopic (exact) mass is 319 g/mol. The van der Waals surface area contributed by atoms with E-state index in [9.17, 15) is 9.90 Å². The zero-order chi connectivity index (χ0) is 14.1. The molecule has 2 aromatic rings. The standard InChI is InChI=1S/C14H9NO2S3/c16-10-5-3-9(4-6-10)15-13(17)12(20-14(15)18)8-11-2-1-7-19-11/h1-8,16H. The van der Waals surface area contributed by atoms with E-state index in [1.165, 1.54) is 28.8 Å². The predicted molar refractivity (Wildman–Crippen MR) is 88.1 cm³/mol. The van der Waals surface area contributed by atoms with E-state index < -0.39 is 0 Å². The maximum absolute atomic E-state index is 12.4. The molecule has 2 heterocycles. The fourth-order valence-corrected chi connectivity index (χ4v) is 3.82. The van der Waals surface area contributed by atoms with E-state index in [2.05, 4.69) is 0 Å². The van der Waals surface area contributed by atoms with Crippen LogP contribution in [0.1, 0.15) is 4.88 Å². The number of nitrogens with zero attached hydrogens (tertiary/aromatic N) is 1. The fourth-order valence-electron chi connectivity index (χ4n) is 1.79. The number of carbonyl (C=O) groups is 1. The molecule has 20 heavy (non-hydrogen) atoms. The molecule has 3 rings (SSSR count). The highest BCUT2D eigenvalue weighted by molar-refractivity contribution is 8.27.